The number of nitrogens with zero attached hydrogens (tertiary/aromatic N) is 4. The molecule has 0 saturated carbocycles. The third kappa shape index (κ3) is 11.9. The zero-order chi connectivity index (χ0) is 18.7. The topological polar surface area (TPSA) is 23.8 Å². The predicted octanol–water partition coefficient (Wildman–Crippen LogP) is 3.98. The van der Waals surface area contributed by atoms with Crippen LogP contribution in [0.25, 0.3) is 5.32 Å². The molecule has 2 rings (SSSR count). The Balaban J connectivity index is 0.000000705. The summed E-state index contributed by atoms with van der Waals surface area (Å²) in [6.07, 6.45) is 0. The van der Waals surface area contributed by atoms with Gasteiger partial charge in [-0.1, -0.05) is 41.9 Å². The van der Waals surface area contributed by atoms with Crippen LogP contribution in [-0.2, 0) is 14.7 Å². The van der Waals surface area contributed by atoms with Crippen LogP contribution in [-0.4, -0.2) is 81.7 Å². The average Bonchev–Trinajstić information content (AvgIpc) is 2.56. The molecule has 1 aliphatic heterocycles. The van der Waals surface area contributed by atoms with E-state index in [0.29, 0.717) is 0 Å². The Morgan fingerprint density at radius 1 is 0.840 bits per heavy atom. The SMILES string of the molecule is CN1CC[N-]C(c2ccccc2)CN(C)CCN(C)CC1.[Cl][Ti+]([Cl])[Cl]. The molecule has 25 heavy (non-hydrogen) atoms. The van der Waals surface area contributed by atoms with Crippen LogP contribution in [0.3, 0.4) is 0 Å². The summed E-state index contributed by atoms with van der Waals surface area (Å²) in [5.41, 5.74) is 1.33. The maximum absolute atomic E-state index is 4.97. The first-order chi connectivity index (χ1) is 11.9. The fourth-order valence-corrected chi connectivity index (χ4v) is 2.62. The van der Waals surface area contributed by atoms with Gasteiger partial charge in [0.15, 0.2) is 0 Å². The first kappa shape index (κ1) is 23.7. The summed E-state index contributed by atoms with van der Waals surface area (Å²) in [5.74, 6) is 0. The Kier molecular flexibility index (Phi) is 13.0. The van der Waals surface area contributed by atoms with Crippen LogP contribution in [0.4, 0.5) is 0 Å². The van der Waals surface area contributed by atoms with E-state index >= 15 is 0 Å². The van der Waals surface area contributed by atoms with Crippen LogP contribution in [0.2, 0.25) is 0 Å². The van der Waals surface area contributed by atoms with Gasteiger partial charge in [-0.25, -0.2) is 0 Å². The Morgan fingerprint density at radius 2 is 1.32 bits per heavy atom. The maximum atomic E-state index is 4.97. The summed E-state index contributed by atoms with van der Waals surface area (Å²) in [5, 5.41) is 4.95. The minimum atomic E-state index is -1.92. The van der Waals surface area contributed by atoms with E-state index in [9.17, 15) is 0 Å². The molecule has 1 aliphatic rings. The number of hydrogen-bond acceptors (Lipinski definition) is 3. The first-order valence-corrected chi connectivity index (χ1v) is 14.9. The van der Waals surface area contributed by atoms with Crippen molar-refractivity contribution >= 4 is 27.9 Å². The molecule has 1 heterocycles. The molecule has 0 radical (unpaired) electrons. The van der Waals surface area contributed by atoms with Gasteiger partial charge >= 0.3 is 42.6 Å². The van der Waals surface area contributed by atoms with Crippen LogP contribution in [0.15, 0.2) is 30.3 Å². The zero-order valence-electron chi connectivity index (χ0n) is 15.3. The van der Waals surface area contributed by atoms with Crippen molar-refractivity contribution < 1.29 is 14.7 Å². The Labute approximate surface area is 170 Å². The molecule has 0 N–H and O–H groups in total. The van der Waals surface area contributed by atoms with Gasteiger partial charge in [-0.2, -0.15) is 0 Å². The quantitative estimate of drug-likeness (QED) is 0.614. The van der Waals surface area contributed by atoms with Gasteiger partial charge in [0.1, 0.15) is 0 Å². The molecule has 142 valence electrons. The van der Waals surface area contributed by atoms with E-state index in [1.54, 1.807) is 0 Å². The van der Waals surface area contributed by atoms with E-state index in [1.165, 1.54) is 5.56 Å². The van der Waals surface area contributed by atoms with Crippen LogP contribution in [0, 0.1) is 0 Å². The summed E-state index contributed by atoms with van der Waals surface area (Å²) in [4.78, 5) is 7.21. The monoisotopic (exact) mass is 442 g/mol. The van der Waals surface area contributed by atoms with E-state index in [0.717, 1.165) is 45.8 Å². The number of halogens is 3. The second-order valence-electron chi connectivity index (χ2n) is 6.42. The average molecular weight is 444 g/mol. The molecule has 0 bridgehead atoms. The molecule has 0 aromatic heterocycles. The van der Waals surface area contributed by atoms with Crippen molar-refractivity contribution in [1.82, 2.24) is 14.7 Å². The minimum absolute atomic E-state index is 0.286. The summed E-state index contributed by atoms with van der Waals surface area (Å²) in [6.45, 7) is 7.42. The summed E-state index contributed by atoms with van der Waals surface area (Å²) in [7, 11) is 21.5. The number of rotatable bonds is 1. The molecule has 4 nitrogen and oxygen atoms in total. The van der Waals surface area contributed by atoms with Crippen LogP contribution in [0.5, 0.6) is 0 Å². The second kappa shape index (κ2) is 13.8. The standard InChI is InChI=1S/C17H29N4.3ClH.Ti/c1-19-10-9-18-17(16-7-5-4-6-8-16)15-21(3)14-13-20(2)12-11-19;;;;/h4-8,17H,9-15H2,1-3H3;3*1H;/q-1;;;;+4/p-3. The second-order valence-corrected chi connectivity index (χ2v) is 14.2. The van der Waals surface area contributed by atoms with Gasteiger partial charge in [-0.3, -0.25) is 0 Å². The van der Waals surface area contributed by atoms with E-state index in [1.807, 2.05) is 0 Å². The van der Waals surface area contributed by atoms with Crippen molar-refractivity contribution in [2.75, 3.05) is 67.0 Å². The van der Waals surface area contributed by atoms with Crippen molar-refractivity contribution in [1.29, 1.82) is 0 Å². The van der Waals surface area contributed by atoms with Crippen molar-refractivity contribution in [2.45, 2.75) is 6.04 Å². The molecule has 0 amide bonds. The van der Waals surface area contributed by atoms with Crippen LogP contribution < -0.4 is 0 Å². The third-order valence-electron chi connectivity index (χ3n) is 4.23. The molecular formula is C17H29Cl3N4Ti. The van der Waals surface area contributed by atoms with Crippen molar-refractivity contribution in [3.05, 3.63) is 41.2 Å². The molecule has 1 unspecified atom stereocenters. The zero-order valence-corrected chi connectivity index (χ0v) is 19.2. The van der Waals surface area contributed by atoms with Crippen LogP contribution >= 0.6 is 27.9 Å². The molecule has 1 saturated heterocycles. The van der Waals surface area contributed by atoms with E-state index < -0.39 is 14.7 Å². The third-order valence-corrected chi connectivity index (χ3v) is 4.23. The molecule has 1 aromatic rings. The normalized spacial score (nSPS) is 22.2. The summed E-state index contributed by atoms with van der Waals surface area (Å²) < 4.78 is 0. The molecule has 8 heteroatoms. The van der Waals surface area contributed by atoms with Crippen molar-refractivity contribution in [3.8, 4) is 0 Å². The van der Waals surface area contributed by atoms with Gasteiger partial charge in [0.25, 0.3) is 0 Å². The molecule has 1 fully saturated rings. The molecule has 1 atom stereocenters. The van der Waals surface area contributed by atoms with E-state index in [2.05, 4.69) is 66.2 Å². The van der Waals surface area contributed by atoms with Gasteiger partial charge in [0, 0.05) is 26.2 Å². The van der Waals surface area contributed by atoms with Gasteiger partial charge in [-0.15, -0.1) is 6.54 Å². The molecular weight excluding hydrogens is 414 g/mol. The van der Waals surface area contributed by atoms with Gasteiger partial charge < -0.3 is 20.0 Å². The molecule has 1 aromatic carbocycles. The molecule has 0 aliphatic carbocycles. The van der Waals surface area contributed by atoms with Gasteiger partial charge in [0.05, 0.1) is 0 Å². The Morgan fingerprint density at radius 3 is 1.88 bits per heavy atom. The van der Waals surface area contributed by atoms with Gasteiger partial charge in [0.2, 0.25) is 0 Å². The molecule has 0 spiro atoms. The van der Waals surface area contributed by atoms with Crippen LogP contribution in [0.1, 0.15) is 11.6 Å². The summed E-state index contributed by atoms with van der Waals surface area (Å²) in [6, 6.07) is 11.0. The first-order valence-electron chi connectivity index (χ1n) is 8.49. The van der Waals surface area contributed by atoms with E-state index in [-0.39, 0.29) is 6.04 Å². The van der Waals surface area contributed by atoms with Crippen molar-refractivity contribution in [2.24, 2.45) is 0 Å². The predicted molar refractivity (Wildman–Crippen MR) is 107 cm³/mol. The van der Waals surface area contributed by atoms with Crippen molar-refractivity contribution in [3.63, 3.8) is 0 Å². The number of benzene rings is 1. The number of hydrogen-bond donors (Lipinski definition) is 0. The number of likely N-dealkylation sites (N-methyl/N-ethyl adjacent to an activating group) is 3. The van der Waals surface area contributed by atoms with E-state index in [4.69, 9.17) is 33.2 Å². The fraction of sp³-hybridized carbons (Fsp3) is 0.647. The van der Waals surface area contributed by atoms with Gasteiger partial charge in [-0.05, 0) is 34.2 Å². The Hall–Kier alpha value is 0.644. The summed E-state index contributed by atoms with van der Waals surface area (Å²) >= 11 is -1.92. The Bertz CT molecular complexity index is 450. The fourth-order valence-electron chi connectivity index (χ4n) is 2.62.